The second kappa shape index (κ2) is 4.38. The number of benzene rings is 1. The summed E-state index contributed by atoms with van der Waals surface area (Å²) in [5.74, 6) is 2.22. The standard InChI is InChI=1S/C14H15NO3/c1-16-12-6-9(7-13-14(12)18-8-17-13)10-4-2-3-5-11(10)15/h2-7,10-11H,8,15H2,1H3/t10-,11+/m1/s1. The summed E-state index contributed by atoms with van der Waals surface area (Å²) in [5.41, 5.74) is 7.17. The van der Waals surface area contributed by atoms with Crippen LogP contribution in [0.3, 0.4) is 0 Å². The SMILES string of the molecule is COc1cc([C@H]2C=CC=C[C@@H]2N)cc2c1OCO2. The molecule has 1 heterocycles. The largest absolute Gasteiger partial charge is 0.493 e. The number of nitrogens with two attached hydrogens (primary N) is 1. The smallest absolute Gasteiger partial charge is 0.231 e. The van der Waals surface area contributed by atoms with Crippen LogP contribution in [0.15, 0.2) is 36.4 Å². The number of rotatable bonds is 2. The van der Waals surface area contributed by atoms with Crippen molar-refractivity contribution in [2.75, 3.05) is 13.9 Å². The van der Waals surface area contributed by atoms with Crippen LogP contribution < -0.4 is 19.9 Å². The zero-order valence-electron chi connectivity index (χ0n) is 10.1. The van der Waals surface area contributed by atoms with Crippen LogP contribution in [0.1, 0.15) is 11.5 Å². The monoisotopic (exact) mass is 245 g/mol. The molecule has 3 rings (SSSR count). The second-order valence-electron chi connectivity index (χ2n) is 4.33. The van der Waals surface area contributed by atoms with E-state index in [0.717, 1.165) is 11.3 Å². The summed E-state index contributed by atoms with van der Waals surface area (Å²) in [7, 11) is 1.62. The predicted octanol–water partition coefficient (Wildman–Crippen LogP) is 1.96. The molecule has 2 N–H and O–H groups in total. The summed E-state index contributed by atoms with van der Waals surface area (Å²) >= 11 is 0. The molecule has 2 aliphatic rings. The quantitative estimate of drug-likeness (QED) is 0.865. The van der Waals surface area contributed by atoms with Crippen molar-refractivity contribution in [2.24, 2.45) is 5.73 Å². The first-order valence-corrected chi connectivity index (χ1v) is 5.87. The zero-order valence-corrected chi connectivity index (χ0v) is 10.1. The lowest BCUT2D eigenvalue weighted by molar-refractivity contribution is 0.171. The fourth-order valence-electron chi connectivity index (χ4n) is 2.30. The molecule has 0 aromatic heterocycles. The first-order valence-electron chi connectivity index (χ1n) is 5.87. The third-order valence-corrected chi connectivity index (χ3v) is 3.24. The van der Waals surface area contributed by atoms with Gasteiger partial charge in [-0.3, -0.25) is 0 Å². The average Bonchev–Trinajstić information content (AvgIpc) is 2.86. The third-order valence-electron chi connectivity index (χ3n) is 3.24. The maximum Gasteiger partial charge on any atom is 0.231 e. The van der Waals surface area contributed by atoms with Gasteiger partial charge in [-0.25, -0.2) is 0 Å². The van der Waals surface area contributed by atoms with Crippen LogP contribution in [0.2, 0.25) is 0 Å². The van der Waals surface area contributed by atoms with Gasteiger partial charge in [0.05, 0.1) is 7.11 Å². The van der Waals surface area contributed by atoms with Gasteiger partial charge < -0.3 is 19.9 Å². The molecule has 0 amide bonds. The van der Waals surface area contributed by atoms with Gasteiger partial charge in [0.25, 0.3) is 0 Å². The van der Waals surface area contributed by atoms with Crippen molar-refractivity contribution in [3.8, 4) is 17.2 Å². The first-order chi connectivity index (χ1) is 8.79. The zero-order chi connectivity index (χ0) is 12.5. The molecule has 0 saturated carbocycles. The van der Waals surface area contributed by atoms with Gasteiger partial charge in [-0.1, -0.05) is 24.3 Å². The first kappa shape index (κ1) is 11.2. The van der Waals surface area contributed by atoms with Crippen molar-refractivity contribution >= 4 is 0 Å². The summed E-state index contributed by atoms with van der Waals surface area (Å²) in [4.78, 5) is 0. The lowest BCUT2D eigenvalue weighted by Crippen LogP contribution is -2.26. The van der Waals surface area contributed by atoms with Crippen LogP contribution in [0.4, 0.5) is 0 Å². The molecule has 0 unspecified atom stereocenters. The predicted molar refractivity (Wildman–Crippen MR) is 68.1 cm³/mol. The van der Waals surface area contributed by atoms with E-state index in [1.807, 2.05) is 30.4 Å². The van der Waals surface area contributed by atoms with Gasteiger partial charge >= 0.3 is 0 Å². The minimum atomic E-state index is -0.0277. The molecular weight excluding hydrogens is 230 g/mol. The van der Waals surface area contributed by atoms with Gasteiger partial charge in [0, 0.05) is 12.0 Å². The van der Waals surface area contributed by atoms with E-state index in [-0.39, 0.29) is 18.8 Å². The van der Waals surface area contributed by atoms with Crippen molar-refractivity contribution in [1.82, 2.24) is 0 Å². The van der Waals surface area contributed by atoms with Crippen molar-refractivity contribution in [1.29, 1.82) is 0 Å². The Labute approximate surface area is 106 Å². The van der Waals surface area contributed by atoms with Crippen LogP contribution in [-0.4, -0.2) is 19.9 Å². The number of ether oxygens (including phenoxy) is 3. The van der Waals surface area contributed by atoms with Crippen LogP contribution in [0.25, 0.3) is 0 Å². The molecule has 4 nitrogen and oxygen atoms in total. The van der Waals surface area contributed by atoms with E-state index >= 15 is 0 Å². The summed E-state index contributed by atoms with van der Waals surface area (Å²) in [6.07, 6.45) is 8.04. The Balaban J connectivity index is 2.03. The number of allylic oxidation sites excluding steroid dienone is 2. The Kier molecular flexibility index (Phi) is 2.72. The molecule has 0 bridgehead atoms. The van der Waals surface area contributed by atoms with E-state index in [1.165, 1.54) is 0 Å². The molecular formula is C14H15NO3. The Morgan fingerprint density at radius 1 is 1.22 bits per heavy atom. The van der Waals surface area contributed by atoms with Crippen LogP contribution >= 0.6 is 0 Å². The topological polar surface area (TPSA) is 53.7 Å². The normalized spacial score (nSPS) is 24.3. The Morgan fingerprint density at radius 2 is 2.06 bits per heavy atom. The van der Waals surface area contributed by atoms with Crippen molar-refractivity contribution in [3.05, 3.63) is 42.0 Å². The highest BCUT2D eigenvalue weighted by atomic mass is 16.7. The maximum absolute atomic E-state index is 6.10. The second-order valence-corrected chi connectivity index (χ2v) is 4.33. The van der Waals surface area contributed by atoms with Gasteiger partial charge in [0.15, 0.2) is 11.5 Å². The van der Waals surface area contributed by atoms with E-state index in [1.54, 1.807) is 7.11 Å². The van der Waals surface area contributed by atoms with Gasteiger partial charge in [-0.05, 0) is 17.7 Å². The lowest BCUT2D eigenvalue weighted by Gasteiger charge is -2.21. The number of methoxy groups -OCH3 is 1. The van der Waals surface area contributed by atoms with Crippen LogP contribution in [-0.2, 0) is 0 Å². The third kappa shape index (κ3) is 1.75. The molecule has 0 spiro atoms. The maximum atomic E-state index is 6.10. The number of fused-ring (bicyclic) bond motifs is 1. The van der Waals surface area contributed by atoms with E-state index in [2.05, 4.69) is 6.08 Å². The molecule has 0 fully saturated rings. The lowest BCUT2D eigenvalue weighted by atomic mass is 9.88. The van der Waals surface area contributed by atoms with Gasteiger partial charge in [-0.15, -0.1) is 0 Å². The fraction of sp³-hybridized carbons (Fsp3) is 0.286. The highest BCUT2D eigenvalue weighted by Gasteiger charge is 2.24. The summed E-state index contributed by atoms with van der Waals surface area (Å²) < 4.78 is 16.1. The van der Waals surface area contributed by atoms with Gasteiger partial charge in [-0.2, -0.15) is 0 Å². The van der Waals surface area contributed by atoms with Crippen molar-refractivity contribution in [3.63, 3.8) is 0 Å². The van der Waals surface area contributed by atoms with Crippen LogP contribution in [0, 0.1) is 0 Å². The molecule has 2 atom stereocenters. The average molecular weight is 245 g/mol. The Bertz CT molecular complexity index is 522. The highest BCUT2D eigenvalue weighted by Crippen LogP contribution is 2.44. The molecule has 0 radical (unpaired) electrons. The molecule has 1 aromatic carbocycles. The Hall–Kier alpha value is -1.94. The summed E-state index contributed by atoms with van der Waals surface area (Å²) in [6, 6.07) is 3.90. The fourth-order valence-corrected chi connectivity index (χ4v) is 2.30. The van der Waals surface area contributed by atoms with Gasteiger partial charge in [0.1, 0.15) is 0 Å². The van der Waals surface area contributed by atoms with Gasteiger partial charge in [0.2, 0.25) is 12.5 Å². The molecule has 1 aromatic rings. The van der Waals surface area contributed by atoms with Crippen molar-refractivity contribution < 1.29 is 14.2 Å². The van der Waals surface area contributed by atoms with E-state index in [9.17, 15) is 0 Å². The minimum Gasteiger partial charge on any atom is -0.493 e. The molecule has 94 valence electrons. The van der Waals surface area contributed by atoms with Crippen LogP contribution in [0.5, 0.6) is 17.2 Å². The summed E-state index contributed by atoms with van der Waals surface area (Å²) in [5, 5.41) is 0. The molecule has 4 heteroatoms. The molecule has 0 saturated heterocycles. The molecule has 1 aliphatic heterocycles. The van der Waals surface area contributed by atoms with E-state index < -0.39 is 0 Å². The van der Waals surface area contributed by atoms with E-state index in [0.29, 0.717) is 11.5 Å². The number of hydrogen-bond acceptors (Lipinski definition) is 4. The summed E-state index contributed by atoms with van der Waals surface area (Å²) in [6.45, 7) is 0.238. The van der Waals surface area contributed by atoms with Crippen molar-refractivity contribution in [2.45, 2.75) is 12.0 Å². The minimum absolute atomic E-state index is 0.0277. The molecule has 18 heavy (non-hydrogen) atoms. The highest BCUT2D eigenvalue weighted by molar-refractivity contribution is 5.56. The van der Waals surface area contributed by atoms with E-state index in [4.69, 9.17) is 19.9 Å². The Morgan fingerprint density at radius 3 is 2.83 bits per heavy atom. The number of hydrogen-bond donors (Lipinski definition) is 1. The molecule has 1 aliphatic carbocycles.